The van der Waals surface area contributed by atoms with Crippen LogP contribution in [0.25, 0.3) is 0 Å². The van der Waals surface area contributed by atoms with E-state index in [-0.39, 0.29) is 16.8 Å². The summed E-state index contributed by atoms with van der Waals surface area (Å²) in [5.74, 6) is -0.181. The first kappa shape index (κ1) is 11.1. The normalized spacial score (nSPS) is 19.0. The third kappa shape index (κ3) is 1.62. The molecule has 0 bridgehead atoms. The lowest BCUT2D eigenvalue weighted by Gasteiger charge is -2.33. The summed E-state index contributed by atoms with van der Waals surface area (Å²) in [4.78, 5) is 0. The molecule has 0 aliphatic heterocycles. The summed E-state index contributed by atoms with van der Waals surface area (Å²) >= 11 is 3.21. The van der Waals surface area contributed by atoms with Crippen molar-refractivity contribution in [2.45, 2.75) is 37.6 Å². The molecule has 1 aliphatic rings. The fourth-order valence-electron chi connectivity index (χ4n) is 2.01. The average molecular weight is 272 g/mol. The highest BCUT2D eigenvalue weighted by atomic mass is 79.9. The van der Waals surface area contributed by atoms with Crippen molar-refractivity contribution in [3.63, 3.8) is 0 Å². The Bertz CT molecular complexity index is 397. The smallest absolute Gasteiger partial charge is 0.141 e. The quantitative estimate of drug-likeness (QED) is 0.877. The minimum absolute atomic E-state index is 0.181. The van der Waals surface area contributed by atoms with Crippen LogP contribution in [0.2, 0.25) is 0 Å². The molecule has 0 unspecified atom stereocenters. The van der Waals surface area contributed by atoms with Crippen LogP contribution < -0.4 is 5.73 Å². The second kappa shape index (κ2) is 3.29. The van der Waals surface area contributed by atoms with Crippen LogP contribution in [-0.4, -0.2) is 5.54 Å². The maximum absolute atomic E-state index is 14.0. The zero-order valence-electron chi connectivity index (χ0n) is 8.98. The highest BCUT2D eigenvalue weighted by Gasteiger charge is 2.52. The Hall–Kier alpha value is -0.410. The lowest BCUT2D eigenvalue weighted by molar-refractivity contribution is 0.374. The van der Waals surface area contributed by atoms with E-state index in [1.54, 1.807) is 6.07 Å². The van der Waals surface area contributed by atoms with Gasteiger partial charge in [0, 0.05) is 11.0 Å². The molecule has 0 amide bonds. The number of hydrogen-bond acceptors (Lipinski definition) is 1. The summed E-state index contributed by atoms with van der Waals surface area (Å²) < 4.78 is 14.5. The Labute approximate surface area is 98.0 Å². The van der Waals surface area contributed by atoms with Crippen LogP contribution in [0.1, 0.15) is 32.3 Å². The lowest BCUT2D eigenvalue weighted by atomic mass is 9.76. The van der Waals surface area contributed by atoms with Crippen molar-refractivity contribution >= 4 is 15.9 Å². The Morgan fingerprint density at radius 3 is 2.53 bits per heavy atom. The van der Waals surface area contributed by atoms with Gasteiger partial charge in [0.2, 0.25) is 0 Å². The Kier molecular flexibility index (Phi) is 2.43. The molecule has 0 aromatic heterocycles. The summed E-state index contributed by atoms with van der Waals surface area (Å²) in [7, 11) is 0. The molecule has 1 fully saturated rings. The molecule has 0 radical (unpaired) electrons. The first-order chi connectivity index (χ1) is 6.88. The van der Waals surface area contributed by atoms with Crippen molar-refractivity contribution < 1.29 is 4.39 Å². The Morgan fingerprint density at radius 2 is 2.00 bits per heavy atom. The van der Waals surface area contributed by atoms with E-state index in [1.807, 2.05) is 26.0 Å². The molecule has 82 valence electrons. The van der Waals surface area contributed by atoms with E-state index in [0.29, 0.717) is 10.0 Å². The van der Waals surface area contributed by atoms with Crippen molar-refractivity contribution in [3.8, 4) is 0 Å². The summed E-state index contributed by atoms with van der Waals surface area (Å²) in [5, 5.41) is 0. The third-order valence-corrected chi connectivity index (χ3v) is 4.27. The van der Waals surface area contributed by atoms with E-state index in [1.165, 1.54) is 0 Å². The first-order valence-electron chi connectivity index (χ1n) is 5.12. The van der Waals surface area contributed by atoms with Gasteiger partial charge in [-0.15, -0.1) is 0 Å². The molecule has 3 heteroatoms. The molecule has 1 aromatic carbocycles. The van der Waals surface area contributed by atoms with Crippen molar-refractivity contribution in [2.24, 2.45) is 5.73 Å². The molecule has 2 N–H and O–H groups in total. The van der Waals surface area contributed by atoms with Gasteiger partial charge in [0.15, 0.2) is 0 Å². The molecule has 15 heavy (non-hydrogen) atoms. The molecular weight excluding hydrogens is 257 g/mol. The van der Waals surface area contributed by atoms with Gasteiger partial charge in [0.05, 0.1) is 4.47 Å². The number of rotatable bonds is 2. The van der Waals surface area contributed by atoms with Gasteiger partial charge in [-0.2, -0.15) is 0 Å². The van der Waals surface area contributed by atoms with Crippen LogP contribution in [0.15, 0.2) is 22.7 Å². The lowest BCUT2D eigenvalue weighted by Crippen LogP contribution is -2.43. The van der Waals surface area contributed by atoms with E-state index in [0.717, 1.165) is 12.8 Å². The number of benzene rings is 1. The molecule has 0 atom stereocenters. The number of nitrogens with two attached hydrogens (primary N) is 1. The van der Waals surface area contributed by atoms with E-state index >= 15 is 0 Å². The van der Waals surface area contributed by atoms with Crippen LogP contribution >= 0.6 is 15.9 Å². The Balaban J connectivity index is 2.49. The fourth-order valence-corrected chi connectivity index (χ4v) is 2.38. The highest BCUT2D eigenvalue weighted by molar-refractivity contribution is 9.10. The van der Waals surface area contributed by atoms with Crippen molar-refractivity contribution in [1.29, 1.82) is 0 Å². The maximum Gasteiger partial charge on any atom is 0.141 e. The molecule has 0 saturated heterocycles. The molecular formula is C12H15BrFN. The van der Waals surface area contributed by atoms with Gasteiger partial charge in [-0.1, -0.05) is 26.0 Å². The van der Waals surface area contributed by atoms with Gasteiger partial charge in [-0.25, -0.2) is 4.39 Å². The number of halogens is 2. The second-order valence-electron chi connectivity index (χ2n) is 4.88. The van der Waals surface area contributed by atoms with Crippen molar-refractivity contribution in [3.05, 3.63) is 34.1 Å². The van der Waals surface area contributed by atoms with Gasteiger partial charge in [-0.05, 0) is 40.4 Å². The number of hydrogen-bond donors (Lipinski definition) is 1. The molecule has 1 nitrogen and oxygen atoms in total. The average Bonchev–Trinajstić information content (AvgIpc) is 2.90. The van der Waals surface area contributed by atoms with Gasteiger partial charge < -0.3 is 5.73 Å². The first-order valence-corrected chi connectivity index (χ1v) is 5.91. The van der Waals surface area contributed by atoms with Crippen molar-refractivity contribution in [2.75, 3.05) is 0 Å². The van der Waals surface area contributed by atoms with Gasteiger partial charge in [-0.3, -0.25) is 0 Å². The zero-order chi connectivity index (χ0) is 11.3. The standard InChI is InChI=1S/C12H15BrFN/c1-11(2,12(15)6-7-12)8-4-3-5-9(13)10(8)14/h3-5H,6-7,15H2,1-2H3. The van der Waals surface area contributed by atoms with Gasteiger partial charge >= 0.3 is 0 Å². The minimum atomic E-state index is -0.305. The summed E-state index contributed by atoms with van der Waals surface area (Å²) in [5.41, 5.74) is 6.37. The zero-order valence-corrected chi connectivity index (χ0v) is 10.6. The summed E-state index contributed by atoms with van der Waals surface area (Å²) in [6, 6.07) is 5.40. The van der Waals surface area contributed by atoms with Crippen molar-refractivity contribution in [1.82, 2.24) is 0 Å². The van der Waals surface area contributed by atoms with Gasteiger partial charge in [0.1, 0.15) is 5.82 Å². The Morgan fingerprint density at radius 1 is 1.40 bits per heavy atom. The van der Waals surface area contributed by atoms with Crippen LogP contribution in [0.4, 0.5) is 4.39 Å². The molecule has 2 rings (SSSR count). The van der Waals surface area contributed by atoms with E-state index in [2.05, 4.69) is 15.9 Å². The molecule has 0 spiro atoms. The predicted octanol–water partition coefficient (Wildman–Crippen LogP) is 3.36. The van der Waals surface area contributed by atoms with E-state index in [9.17, 15) is 4.39 Å². The second-order valence-corrected chi connectivity index (χ2v) is 5.74. The van der Waals surface area contributed by atoms with Crippen LogP contribution in [-0.2, 0) is 5.41 Å². The van der Waals surface area contributed by atoms with Crippen LogP contribution in [0, 0.1) is 5.82 Å². The van der Waals surface area contributed by atoms with Crippen LogP contribution in [0.3, 0.4) is 0 Å². The SMILES string of the molecule is CC(C)(c1cccc(Br)c1F)C1(N)CC1. The molecule has 1 aromatic rings. The van der Waals surface area contributed by atoms with E-state index < -0.39 is 0 Å². The third-order valence-electron chi connectivity index (χ3n) is 3.66. The van der Waals surface area contributed by atoms with Gasteiger partial charge in [0.25, 0.3) is 0 Å². The maximum atomic E-state index is 14.0. The molecule has 1 aliphatic carbocycles. The summed E-state index contributed by atoms with van der Waals surface area (Å²) in [6.07, 6.45) is 1.96. The van der Waals surface area contributed by atoms with E-state index in [4.69, 9.17) is 5.73 Å². The highest BCUT2D eigenvalue weighted by Crippen LogP contribution is 2.50. The fraction of sp³-hybridized carbons (Fsp3) is 0.500. The minimum Gasteiger partial charge on any atom is -0.324 e. The summed E-state index contributed by atoms with van der Waals surface area (Å²) in [6.45, 7) is 4.04. The molecule has 1 saturated carbocycles. The monoisotopic (exact) mass is 271 g/mol. The molecule has 0 heterocycles. The van der Waals surface area contributed by atoms with Crippen LogP contribution in [0.5, 0.6) is 0 Å². The predicted molar refractivity (Wildman–Crippen MR) is 63.3 cm³/mol. The topological polar surface area (TPSA) is 26.0 Å². The largest absolute Gasteiger partial charge is 0.324 e.